The predicted molar refractivity (Wildman–Crippen MR) is 455 cm³/mol. The summed E-state index contributed by atoms with van der Waals surface area (Å²) >= 11 is 0. The van der Waals surface area contributed by atoms with E-state index in [0.29, 0.717) is 66.6 Å². The molecular formula is C102H57N3O9. The summed E-state index contributed by atoms with van der Waals surface area (Å²) in [5, 5.41) is 17.1. The van der Waals surface area contributed by atoms with Gasteiger partial charge in [-0.25, -0.2) is 14.7 Å². The largest absolute Gasteiger partial charge is 0.456 e. The van der Waals surface area contributed by atoms with Gasteiger partial charge in [-0.05, 0) is 203 Å². The van der Waals surface area contributed by atoms with Crippen molar-refractivity contribution in [2.75, 3.05) is 14.7 Å². The molecule has 12 heteroatoms. The number of furan rings is 3. The molecule has 114 heavy (non-hydrogen) atoms. The number of carbonyl (C=O) groups is 6. The smallest absolute Gasteiger partial charge is 0.265 e. The van der Waals surface area contributed by atoms with Crippen molar-refractivity contribution in [3.63, 3.8) is 0 Å². The molecule has 534 valence electrons. The first-order valence-corrected chi connectivity index (χ1v) is 37.6. The summed E-state index contributed by atoms with van der Waals surface area (Å²) in [6.07, 6.45) is 0. The van der Waals surface area contributed by atoms with Crippen LogP contribution < -0.4 is 14.7 Å². The monoisotopic (exact) mass is 1470 g/mol. The van der Waals surface area contributed by atoms with Crippen molar-refractivity contribution >= 4 is 183 Å². The molecule has 0 atom stereocenters. The van der Waals surface area contributed by atoms with Crippen LogP contribution in [0.5, 0.6) is 0 Å². The number of rotatable bonds is 6. The van der Waals surface area contributed by atoms with E-state index in [2.05, 4.69) is 42.5 Å². The summed E-state index contributed by atoms with van der Waals surface area (Å²) in [6.45, 7) is 0. The highest BCUT2D eigenvalue weighted by atomic mass is 16.3. The maximum Gasteiger partial charge on any atom is 0.265 e. The lowest BCUT2D eigenvalue weighted by Gasteiger charge is -2.28. The van der Waals surface area contributed by atoms with E-state index in [1.54, 1.807) is 6.07 Å². The first-order chi connectivity index (χ1) is 56.0. The van der Waals surface area contributed by atoms with Crippen molar-refractivity contribution in [3.8, 4) is 33.4 Å². The van der Waals surface area contributed by atoms with E-state index in [9.17, 15) is 28.8 Å². The first-order valence-electron chi connectivity index (χ1n) is 37.6. The minimum atomic E-state index is -0.312. The van der Waals surface area contributed by atoms with Gasteiger partial charge in [0.25, 0.3) is 35.4 Å². The van der Waals surface area contributed by atoms with Gasteiger partial charge < -0.3 is 13.3 Å². The van der Waals surface area contributed by atoms with E-state index in [4.69, 9.17) is 13.3 Å². The van der Waals surface area contributed by atoms with Crippen LogP contribution in [0.4, 0.5) is 17.1 Å². The molecule has 0 spiro atoms. The molecule has 0 unspecified atom stereocenters. The third-order valence-electron chi connectivity index (χ3n) is 22.8. The third kappa shape index (κ3) is 10.1. The van der Waals surface area contributed by atoms with Crippen molar-refractivity contribution < 1.29 is 42.0 Å². The zero-order chi connectivity index (χ0) is 76.1. The van der Waals surface area contributed by atoms with Gasteiger partial charge in [-0.3, -0.25) is 28.8 Å². The number of amides is 6. The molecule has 6 heterocycles. The molecule has 0 saturated heterocycles. The van der Waals surface area contributed by atoms with Crippen LogP contribution in [0.1, 0.15) is 62.1 Å². The normalized spacial score (nSPS) is 13.3. The second kappa shape index (κ2) is 25.5. The van der Waals surface area contributed by atoms with E-state index in [-0.39, 0.29) is 35.4 Å². The zero-order valence-corrected chi connectivity index (χ0v) is 60.4. The molecule has 3 aliphatic heterocycles. The van der Waals surface area contributed by atoms with Gasteiger partial charge in [-0.15, -0.1) is 0 Å². The topological polar surface area (TPSA) is 152 Å². The van der Waals surface area contributed by atoms with Crippen LogP contribution in [0.25, 0.3) is 164 Å². The van der Waals surface area contributed by atoms with E-state index in [1.165, 1.54) is 14.7 Å². The zero-order valence-electron chi connectivity index (χ0n) is 60.4. The number of benzene rings is 18. The maximum absolute atomic E-state index is 13.8. The number of fused-ring (bicyclic) bond motifs is 12. The van der Waals surface area contributed by atoms with E-state index in [0.717, 1.165) is 148 Å². The van der Waals surface area contributed by atoms with Crippen molar-refractivity contribution in [1.29, 1.82) is 0 Å². The molecule has 0 bridgehead atoms. The minimum absolute atomic E-state index is 0.309. The molecule has 0 saturated carbocycles. The lowest BCUT2D eigenvalue weighted by Crippen LogP contribution is -2.40. The molecule has 12 nitrogen and oxygen atoms in total. The maximum atomic E-state index is 13.8. The lowest BCUT2D eigenvalue weighted by molar-refractivity contribution is 0.0877. The fourth-order valence-corrected chi connectivity index (χ4v) is 17.5. The highest BCUT2D eigenvalue weighted by Gasteiger charge is 2.38. The van der Waals surface area contributed by atoms with Crippen LogP contribution >= 0.6 is 0 Å². The summed E-state index contributed by atoms with van der Waals surface area (Å²) in [6, 6.07) is 112. The van der Waals surface area contributed by atoms with Crippen molar-refractivity contribution in [2.45, 2.75) is 0 Å². The first kappa shape index (κ1) is 65.4. The average Bonchev–Trinajstić information content (AvgIpc) is 0.871. The Morgan fingerprint density at radius 2 is 0.474 bits per heavy atom. The van der Waals surface area contributed by atoms with Gasteiger partial charge in [0, 0.05) is 81.9 Å². The Hall–Kier alpha value is -15.7. The number of hydrogen-bond donors (Lipinski definition) is 0. The average molecular weight is 1470 g/mol. The van der Waals surface area contributed by atoms with Gasteiger partial charge in [0.2, 0.25) is 0 Å². The fourth-order valence-electron chi connectivity index (χ4n) is 17.5. The molecule has 0 radical (unpaired) electrons. The van der Waals surface area contributed by atoms with E-state index >= 15 is 0 Å². The lowest BCUT2D eigenvalue weighted by atomic mass is 9.87. The Bertz CT molecular complexity index is 7800. The van der Waals surface area contributed by atoms with Crippen LogP contribution in [-0.2, 0) is 0 Å². The van der Waals surface area contributed by atoms with Crippen molar-refractivity contribution in [2.24, 2.45) is 0 Å². The van der Waals surface area contributed by atoms with Crippen LogP contribution in [0, 0.1) is 0 Å². The van der Waals surface area contributed by atoms with Gasteiger partial charge in [0.05, 0.1) is 17.1 Å². The third-order valence-corrected chi connectivity index (χ3v) is 22.8. The summed E-state index contributed by atoms with van der Waals surface area (Å²) in [5.41, 5.74) is 15.7. The molecule has 3 aliphatic rings. The number of anilines is 3. The van der Waals surface area contributed by atoms with E-state index < -0.39 is 0 Å². The van der Waals surface area contributed by atoms with Crippen LogP contribution in [0.3, 0.4) is 0 Å². The SMILES string of the molecule is O=C1c2cccc3c(-c4ccc5c(c4)oc4ccccc45)ccc(c23)C(=O)N1c1ccc2ccccc2c1.O=C1c2cccc3c(-c4ccc5oc6ccccc6c5c4)ccc(c23)C(=O)N1c1ccc2ccccc2c1.O=C1c2cccc3c(-c4cccc5oc6ccccc6c45)ccc(c23)C(=O)N1c1ccc2ccccc2c1. The molecule has 3 aromatic heterocycles. The highest BCUT2D eigenvalue weighted by molar-refractivity contribution is 6.40. The summed E-state index contributed by atoms with van der Waals surface area (Å²) < 4.78 is 18.2. The number of hydrogen-bond acceptors (Lipinski definition) is 9. The molecule has 18 aromatic carbocycles. The molecule has 0 N–H and O–H groups in total. The number of para-hydroxylation sites is 3. The summed E-state index contributed by atoms with van der Waals surface area (Å²) in [7, 11) is 0. The Labute approximate surface area is 648 Å². The van der Waals surface area contributed by atoms with Crippen LogP contribution in [-0.4, -0.2) is 35.4 Å². The Balaban J connectivity index is 0.000000104. The number of nitrogens with zero attached hydrogens (tertiary/aromatic N) is 3. The van der Waals surface area contributed by atoms with Gasteiger partial charge in [0.1, 0.15) is 33.5 Å². The molecule has 0 fully saturated rings. The Morgan fingerprint density at radius 3 is 0.956 bits per heavy atom. The van der Waals surface area contributed by atoms with E-state index in [1.807, 2.05) is 297 Å². The Morgan fingerprint density at radius 1 is 0.167 bits per heavy atom. The number of imide groups is 3. The van der Waals surface area contributed by atoms with Crippen molar-refractivity contribution in [3.05, 3.63) is 379 Å². The standard InChI is InChI=1S/3C34H19NO3/c36-33-27-12-5-10-24-23(25-11-6-14-30-32(25)26-9-3-4-13-29(26)38-30)17-18-28(31(24)27)34(37)35(33)22-16-15-20-7-1-2-8-21(20)19-22;36-33-27-10-5-9-26-24(22-13-17-31-29(19-22)25-8-3-4-11-30(25)38-31)15-16-28(32(26)27)34(37)35(33)23-14-12-20-6-1-2-7-21(20)18-23;36-33-28-10-5-9-27-24(22-13-15-26-25-8-3-4-11-30(25)38-31(26)19-22)16-17-29(32(27)28)34(37)35(33)23-14-12-20-6-1-2-7-21(20)18-23/h3*1-19H. The second-order valence-corrected chi connectivity index (χ2v) is 29.0. The quantitative estimate of drug-likeness (QED) is 0.148. The van der Waals surface area contributed by atoms with Gasteiger partial charge >= 0.3 is 0 Å². The fraction of sp³-hybridized carbons (Fsp3) is 0. The van der Waals surface area contributed by atoms with Crippen molar-refractivity contribution in [1.82, 2.24) is 0 Å². The Kier molecular flexibility index (Phi) is 14.6. The molecule has 24 rings (SSSR count). The summed E-state index contributed by atoms with van der Waals surface area (Å²) in [4.78, 5) is 86.6. The number of carbonyl (C=O) groups excluding carboxylic acids is 6. The highest BCUT2D eigenvalue weighted by Crippen LogP contribution is 2.46. The van der Waals surface area contributed by atoms with Gasteiger partial charge in [-0.1, -0.05) is 224 Å². The molecule has 0 aliphatic carbocycles. The van der Waals surface area contributed by atoms with Crippen LogP contribution in [0.15, 0.2) is 359 Å². The second-order valence-electron chi connectivity index (χ2n) is 29.0. The predicted octanol–water partition coefficient (Wildman–Crippen LogP) is 25.1. The summed E-state index contributed by atoms with van der Waals surface area (Å²) in [5.74, 6) is -1.87. The van der Waals surface area contributed by atoms with Gasteiger partial charge in [0.15, 0.2) is 0 Å². The molecule has 21 aromatic rings. The molecule has 6 amide bonds. The minimum Gasteiger partial charge on any atom is -0.456 e. The van der Waals surface area contributed by atoms with Crippen LogP contribution in [0.2, 0.25) is 0 Å². The molecular weight excluding hydrogens is 1410 g/mol. The van der Waals surface area contributed by atoms with Gasteiger partial charge in [-0.2, -0.15) is 0 Å².